The van der Waals surface area contributed by atoms with Crippen molar-refractivity contribution in [3.63, 3.8) is 0 Å². The van der Waals surface area contributed by atoms with Crippen molar-refractivity contribution in [2.45, 2.75) is 29.7 Å². The normalized spacial score (nSPS) is 11.4. The Morgan fingerprint density at radius 1 is 1.10 bits per heavy atom. The van der Waals surface area contributed by atoms with E-state index in [0.717, 1.165) is 16.4 Å². The zero-order valence-corrected chi connectivity index (χ0v) is 13.3. The molecule has 2 N–H and O–H groups in total. The number of fused-ring (bicyclic) bond motifs is 1. The molecule has 0 bridgehead atoms. The number of aromatic nitrogens is 2. The van der Waals surface area contributed by atoms with Crippen molar-refractivity contribution in [3.8, 4) is 0 Å². The van der Waals surface area contributed by atoms with E-state index < -0.39 is 0 Å². The van der Waals surface area contributed by atoms with E-state index in [1.165, 1.54) is 15.7 Å². The molecule has 3 aromatic rings. The summed E-state index contributed by atoms with van der Waals surface area (Å²) in [6.07, 6.45) is 0. The van der Waals surface area contributed by atoms with E-state index in [9.17, 15) is 0 Å². The van der Waals surface area contributed by atoms with Crippen LogP contribution in [-0.2, 0) is 7.05 Å². The molecule has 1 aromatic heterocycles. The maximum absolute atomic E-state index is 6.26. The lowest BCUT2D eigenvalue weighted by Crippen LogP contribution is -1.94. The van der Waals surface area contributed by atoms with Crippen LogP contribution >= 0.6 is 11.8 Å². The van der Waals surface area contributed by atoms with Crippen LogP contribution in [0.4, 0.5) is 5.69 Å². The highest BCUT2D eigenvalue weighted by Crippen LogP contribution is 2.36. The van der Waals surface area contributed by atoms with Crippen LogP contribution < -0.4 is 5.73 Å². The SMILES string of the molecule is CC(C)c1nn(C)c(Sc2ccc3ccccc3c2)c1N. The Hall–Kier alpha value is -1.94. The Kier molecular flexibility index (Phi) is 3.64. The van der Waals surface area contributed by atoms with Crippen LogP contribution in [-0.4, -0.2) is 9.78 Å². The first-order valence-electron chi connectivity index (χ1n) is 7.05. The van der Waals surface area contributed by atoms with Crippen molar-refractivity contribution in [2.75, 3.05) is 5.73 Å². The van der Waals surface area contributed by atoms with Gasteiger partial charge in [0.25, 0.3) is 0 Å². The van der Waals surface area contributed by atoms with Gasteiger partial charge in [0.1, 0.15) is 5.03 Å². The topological polar surface area (TPSA) is 43.8 Å². The standard InChI is InChI=1S/C17H19N3S/c1-11(2)16-15(18)17(20(3)19-16)21-14-9-8-12-6-4-5-7-13(12)10-14/h4-11H,18H2,1-3H3. The Morgan fingerprint density at radius 2 is 1.81 bits per heavy atom. The van der Waals surface area contributed by atoms with Gasteiger partial charge in [0, 0.05) is 11.9 Å². The van der Waals surface area contributed by atoms with Crippen LogP contribution in [0.3, 0.4) is 0 Å². The molecule has 0 atom stereocenters. The summed E-state index contributed by atoms with van der Waals surface area (Å²) in [5.41, 5.74) is 8.03. The van der Waals surface area contributed by atoms with Gasteiger partial charge in [-0.1, -0.05) is 55.9 Å². The summed E-state index contributed by atoms with van der Waals surface area (Å²) in [6.45, 7) is 4.23. The first kappa shape index (κ1) is 14.0. The summed E-state index contributed by atoms with van der Waals surface area (Å²) in [7, 11) is 1.95. The Bertz CT molecular complexity index is 790. The van der Waals surface area contributed by atoms with E-state index in [0.29, 0.717) is 5.92 Å². The molecule has 1 heterocycles. The highest BCUT2D eigenvalue weighted by Gasteiger charge is 2.16. The zero-order chi connectivity index (χ0) is 15.0. The van der Waals surface area contributed by atoms with Crippen LogP contribution in [0.15, 0.2) is 52.4 Å². The predicted octanol–water partition coefficient (Wildman–Crippen LogP) is 4.43. The van der Waals surface area contributed by atoms with E-state index in [1.807, 2.05) is 11.7 Å². The minimum absolute atomic E-state index is 0.335. The zero-order valence-electron chi connectivity index (χ0n) is 12.5. The highest BCUT2D eigenvalue weighted by atomic mass is 32.2. The van der Waals surface area contributed by atoms with E-state index in [4.69, 9.17) is 5.73 Å². The van der Waals surface area contributed by atoms with Crippen LogP contribution in [0.25, 0.3) is 10.8 Å². The van der Waals surface area contributed by atoms with Gasteiger partial charge in [-0.05, 0) is 28.8 Å². The molecule has 0 radical (unpaired) electrons. The fourth-order valence-electron chi connectivity index (χ4n) is 2.43. The average Bonchev–Trinajstić information content (AvgIpc) is 2.75. The number of hydrogen-bond donors (Lipinski definition) is 1. The molecule has 0 saturated carbocycles. The van der Waals surface area contributed by atoms with Gasteiger partial charge in [0.15, 0.2) is 0 Å². The van der Waals surface area contributed by atoms with E-state index in [1.54, 1.807) is 11.8 Å². The maximum Gasteiger partial charge on any atom is 0.122 e. The number of benzene rings is 2. The summed E-state index contributed by atoms with van der Waals surface area (Å²) in [6, 6.07) is 14.9. The second-order valence-electron chi connectivity index (χ2n) is 5.49. The number of nitrogen functional groups attached to an aromatic ring is 1. The molecule has 0 aliphatic carbocycles. The smallest absolute Gasteiger partial charge is 0.122 e. The molecule has 0 unspecified atom stereocenters. The summed E-state index contributed by atoms with van der Waals surface area (Å²) in [5, 5.41) is 8.04. The molecule has 2 aromatic carbocycles. The van der Waals surface area contributed by atoms with Crippen molar-refractivity contribution in [1.29, 1.82) is 0 Å². The molecule has 0 aliphatic heterocycles. The molecular formula is C17H19N3S. The second kappa shape index (κ2) is 5.45. The van der Waals surface area contributed by atoms with Gasteiger partial charge in [-0.3, -0.25) is 4.68 Å². The number of nitrogens with two attached hydrogens (primary N) is 1. The minimum Gasteiger partial charge on any atom is -0.395 e. The van der Waals surface area contributed by atoms with Crippen LogP contribution in [0, 0.1) is 0 Å². The van der Waals surface area contributed by atoms with Gasteiger partial charge >= 0.3 is 0 Å². The molecule has 21 heavy (non-hydrogen) atoms. The average molecular weight is 297 g/mol. The van der Waals surface area contributed by atoms with Gasteiger partial charge in [0.2, 0.25) is 0 Å². The third kappa shape index (κ3) is 2.63. The van der Waals surface area contributed by atoms with E-state index in [2.05, 4.69) is 61.4 Å². The lowest BCUT2D eigenvalue weighted by Gasteiger charge is -2.05. The lowest BCUT2D eigenvalue weighted by atomic mass is 10.1. The van der Waals surface area contributed by atoms with Gasteiger partial charge in [-0.15, -0.1) is 0 Å². The minimum atomic E-state index is 0.335. The van der Waals surface area contributed by atoms with Gasteiger partial charge in [-0.25, -0.2) is 0 Å². The molecule has 3 nitrogen and oxygen atoms in total. The Morgan fingerprint density at radius 3 is 2.48 bits per heavy atom. The molecule has 0 saturated heterocycles. The molecule has 0 spiro atoms. The maximum atomic E-state index is 6.26. The number of hydrogen-bond acceptors (Lipinski definition) is 3. The van der Waals surface area contributed by atoms with E-state index in [-0.39, 0.29) is 0 Å². The largest absolute Gasteiger partial charge is 0.395 e. The van der Waals surface area contributed by atoms with Gasteiger partial charge in [-0.2, -0.15) is 5.10 Å². The second-order valence-corrected chi connectivity index (χ2v) is 6.56. The molecular weight excluding hydrogens is 278 g/mol. The molecule has 0 fully saturated rings. The predicted molar refractivity (Wildman–Crippen MR) is 89.8 cm³/mol. The Labute approximate surface area is 129 Å². The highest BCUT2D eigenvalue weighted by molar-refractivity contribution is 7.99. The van der Waals surface area contributed by atoms with Crippen molar-refractivity contribution >= 4 is 28.2 Å². The number of anilines is 1. The third-order valence-corrected chi connectivity index (χ3v) is 4.71. The molecule has 4 heteroatoms. The van der Waals surface area contributed by atoms with Crippen LogP contribution in [0.2, 0.25) is 0 Å². The Balaban J connectivity index is 1.98. The van der Waals surface area contributed by atoms with Crippen molar-refractivity contribution in [2.24, 2.45) is 7.05 Å². The summed E-state index contributed by atoms with van der Waals surface area (Å²) >= 11 is 1.67. The van der Waals surface area contributed by atoms with E-state index >= 15 is 0 Å². The molecule has 0 amide bonds. The monoisotopic (exact) mass is 297 g/mol. The summed E-state index contributed by atoms with van der Waals surface area (Å²) < 4.78 is 1.88. The van der Waals surface area contributed by atoms with Crippen molar-refractivity contribution in [1.82, 2.24) is 9.78 Å². The van der Waals surface area contributed by atoms with Gasteiger partial charge in [0.05, 0.1) is 11.4 Å². The first-order valence-corrected chi connectivity index (χ1v) is 7.87. The van der Waals surface area contributed by atoms with Gasteiger partial charge < -0.3 is 5.73 Å². The number of rotatable bonds is 3. The first-order chi connectivity index (χ1) is 10.1. The summed E-state index contributed by atoms with van der Waals surface area (Å²) in [5.74, 6) is 0.335. The lowest BCUT2D eigenvalue weighted by molar-refractivity contribution is 0.671. The van der Waals surface area contributed by atoms with Crippen molar-refractivity contribution < 1.29 is 0 Å². The fourth-order valence-corrected chi connectivity index (χ4v) is 3.37. The fraction of sp³-hybridized carbons (Fsp3) is 0.235. The van der Waals surface area contributed by atoms with Crippen molar-refractivity contribution in [3.05, 3.63) is 48.2 Å². The molecule has 3 rings (SSSR count). The van der Waals surface area contributed by atoms with Crippen LogP contribution in [0.5, 0.6) is 0 Å². The van der Waals surface area contributed by atoms with Crippen LogP contribution in [0.1, 0.15) is 25.5 Å². The quantitative estimate of drug-likeness (QED) is 0.777. The molecule has 108 valence electrons. The summed E-state index contributed by atoms with van der Waals surface area (Å²) in [4.78, 5) is 1.18. The third-order valence-electron chi connectivity index (χ3n) is 3.54. The number of aryl methyl sites for hydroxylation is 1. The number of nitrogens with zero attached hydrogens (tertiary/aromatic N) is 2. The molecule has 0 aliphatic rings.